The molecular weight excluding hydrogens is 380 g/mol. The maximum Gasteiger partial charge on any atom is 0.251 e. The van der Waals surface area contributed by atoms with Gasteiger partial charge in [-0.05, 0) is 74.7 Å². The molecule has 0 spiro atoms. The van der Waals surface area contributed by atoms with Crippen LogP contribution in [0.2, 0.25) is 0 Å². The Morgan fingerprint density at radius 1 is 0.967 bits per heavy atom. The number of carbonyl (C=O) groups is 3. The number of phenols is 1. The van der Waals surface area contributed by atoms with Gasteiger partial charge >= 0.3 is 0 Å². The first kappa shape index (κ1) is 22.9. The molecule has 158 valence electrons. The summed E-state index contributed by atoms with van der Waals surface area (Å²) >= 11 is 0. The van der Waals surface area contributed by atoms with Crippen molar-refractivity contribution < 1.29 is 19.5 Å². The fourth-order valence-corrected chi connectivity index (χ4v) is 3.09. The van der Waals surface area contributed by atoms with E-state index >= 15 is 0 Å². The average Bonchev–Trinajstić information content (AvgIpc) is 2.74. The molecule has 0 aliphatic heterocycles. The van der Waals surface area contributed by atoms with Gasteiger partial charge < -0.3 is 15.3 Å². The standard InChI is InChI=1S/C24H28N2O4/c1-5-26(6-2)22(28)15-25-24(30)20-10-8-19(9-11-20)21(27)12-7-18-13-16(3)23(29)17(4)14-18/h7-14,29H,5-6,15H2,1-4H3,(H,25,30)/b12-7+. The maximum absolute atomic E-state index is 12.4. The Morgan fingerprint density at radius 3 is 2.03 bits per heavy atom. The van der Waals surface area contributed by atoms with E-state index in [-0.39, 0.29) is 29.9 Å². The number of nitrogens with zero attached hydrogens (tertiary/aromatic N) is 1. The van der Waals surface area contributed by atoms with Crippen molar-refractivity contribution in [3.63, 3.8) is 0 Å². The number of phenolic OH excluding ortho intramolecular Hbond substituents is 1. The van der Waals surface area contributed by atoms with Gasteiger partial charge in [0, 0.05) is 24.2 Å². The molecule has 0 aliphatic rings. The van der Waals surface area contributed by atoms with Crippen LogP contribution >= 0.6 is 0 Å². The van der Waals surface area contributed by atoms with Crippen LogP contribution < -0.4 is 5.32 Å². The minimum absolute atomic E-state index is 0.0601. The molecule has 6 heteroatoms. The number of ketones is 1. The average molecular weight is 408 g/mol. The second kappa shape index (κ2) is 10.4. The van der Waals surface area contributed by atoms with E-state index in [1.807, 2.05) is 13.8 Å². The fourth-order valence-electron chi connectivity index (χ4n) is 3.09. The fraction of sp³-hybridized carbons (Fsp3) is 0.292. The third kappa shape index (κ3) is 5.80. The Kier molecular flexibility index (Phi) is 7.92. The van der Waals surface area contributed by atoms with Crippen molar-refractivity contribution in [3.05, 3.63) is 70.3 Å². The van der Waals surface area contributed by atoms with Crippen LogP contribution in [0.3, 0.4) is 0 Å². The number of aryl methyl sites for hydroxylation is 2. The summed E-state index contributed by atoms with van der Waals surface area (Å²) in [6.45, 7) is 8.52. The van der Waals surface area contributed by atoms with E-state index in [0.29, 0.717) is 24.2 Å². The SMILES string of the molecule is CCN(CC)C(=O)CNC(=O)c1ccc(C(=O)/C=C/c2cc(C)c(O)c(C)c2)cc1. The Hall–Kier alpha value is -3.41. The first-order valence-electron chi connectivity index (χ1n) is 9.95. The van der Waals surface area contributed by atoms with Gasteiger partial charge in [0.1, 0.15) is 5.75 Å². The quantitative estimate of drug-likeness (QED) is 0.517. The Balaban J connectivity index is 2.00. The number of aromatic hydroxyl groups is 1. The molecule has 0 aromatic heterocycles. The first-order valence-corrected chi connectivity index (χ1v) is 9.95. The largest absolute Gasteiger partial charge is 0.507 e. The molecule has 30 heavy (non-hydrogen) atoms. The van der Waals surface area contributed by atoms with Gasteiger partial charge in [0.05, 0.1) is 6.54 Å². The van der Waals surface area contributed by atoms with Crippen molar-refractivity contribution in [1.82, 2.24) is 10.2 Å². The number of hydrogen-bond donors (Lipinski definition) is 2. The van der Waals surface area contributed by atoms with E-state index in [1.54, 1.807) is 61.2 Å². The monoisotopic (exact) mass is 408 g/mol. The van der Waals surface area contributed by atoms with Gasteiger partial charge in [-0.3, -0.25) is 14.4 Å². The van der Waals surface area contributed by atoms with Crippen molar-refractivity contribution in [3.8, 4) is 5.75 Å². The minimum Gasteiger partial charge on any atom is -0.507 e. The summed E-state index contributed by atoms with van der Waals surface area (Å²) in [5.74, 6) is -0.432. The summed E-state index contributed by atoms with van der Waals surface area (Å²) in [6.07, 6.45) is 3.16. The van der Waals surface area contributed by atoms with Crippen molar-refractivity contribution in [1.29, 1.82) is 0 Å². The molecule has 0 radical (unpaired) electrons. The van der Waals surface area contributed by atoms with E-state index in [1.165, 1.54) is 6.08 Å². The van der Waals surface area contributed by atoms with Crippen LogP contribution in [0, 0.1) is 13.8 Å². The van der Waals surface area contributed by atoms with E-state index < -0.39 is 0 Å². The van der Waals surface area contributed by atoms with Crippen LogP contribution in [0.1, 0.15) is 51.3 Å². The highest BCUT2D eigenvalue weighted by molar-refractivity contribution is 6.07. The Labute approximate surface area is 177 Å². The normalized spacial score (nSPS) is 10.8. The lowest BCUT2D eigenvalue weighted by Crippen LogP contribution is -2.40. The summed E-state index contributed by atoms with van der Waals surface area (Å²) in [5, 5.41) is 12.4. The summed E-state index contributed by atoms with van der Waals surface area (Å²) in [4.78, 5) is 38.3. The highest BCUT2D eigenvalue weighted by Crippen LogP contribution is 2.23. The van der Waals surface area contributed by atoms with Gasteiger partial charge in [-0.2, -0.15) is 0 Å². The van der Waals surface area contributed by atoms with Gasteiger partial charge in [0.15, 0.2) is 5.78 Å². The molecule has 6 nitrogen and oxygen atoms in total. The van der Waals surface area contributed by atoms with Crippen molar-refractivity contribution in [2.75, 3.05) is 19.6 Å². The van der Waals surface area contributed by atoms with E-state index in [0.717, 1.165) is 16.7 Å². The summed E-state index contributed by atoms with van der Waals surface area (Å²) in [5.41, 5.74) is 3.15. The Bertz CT molecular complexity index is 935. The number of allylic oxidation sites excluding steroid dienone is 1. The molecular formula is C24H28N2O4. The zero-order valence-electron chi connectivity index (χ0n) is 17.9. The third-order valence-corrected chi connectivity index (χ3v) is 4.89. The zero-order valence-corrected chi connectivity index (χ0v) is 17.9. The molecule has 0 saturated carbocycles. The predicted molar refractivity (Wildman–Crippen MR) is 118 cm³/mol. The van der Waals surface area contributed by atoms with Crippen LogP contribution in [-0.4, -0.2) is 47.2 Å². The topological polar surface area (TPSA) is 86.7 Å². The van der Waals surface area contributed by atoms with Gasteiger partial charge in [0.2, 0.25) is 5.91 Å². The number of nitrogens with one attached hydrogen (secondary N) is 1. The first-order chi connectivity index (χ1) is 14.3. The number of likely N-dealkylation sites (N-methyl/N-ethyl adjacent to an activating group) is 1. The number of benzene rings is 2. The summed E-state index contributed by atoms with van der Waals surface area (Å²) < 4.78 is 0. The molecule has 2 rings (SSSR count). The van der Waals surface area contributed by atoms with Gasteiger partial charge in [-0.15, -0.1) is 0 Å². The minimum atomic E-state index is -0.361. The zero-order chi connectivity index (χ0) is 22.3. The van der Waals surface area contributed by atoms with Gasteiger partial charge in [-0.25, -0.2) is 0 Å². The van der Waals surface area contributed by atoms with E-state index in [2.05, 4.69) is 5.32 Å². The van der Waals surface area contributed by atoms with Crippen molar-refractivity contribution in [2.45, 2.75) is 27.7 Å². The second-order valence-electron chi connectivity index (χ2n) is 7.03. The molecule has 0 heterocycles. The molecule has 0 saturated heterocycles. The molecule has 0 aliphatic carbocycles. The van der Waals surface area contributed by atoms with Gasteiger partial charge in [0.25, 0.3) is 5.91 Å². The number of amides is 2. The molecule has 2 amide bonds. The lowest BCUT2D eigenvalue weighted by Gasteiger charge is -2.18. The van der Waals surface area contributed by atoms with Crippen molar-refractivity contribution >= 4 is 23.7 Å². The molecule has 2 aromatic rings. The van der Waals surface area contributed by atoms with Crippen LogP contribution in [0.25, 0.3) is 6.08 Å². The highest BCUT2D eigenvalue weighted by atomic mass is 16.3. The lowest BCUT2D eigenvalue weighted by molar-refractivity contribution is -0.129. The maximum atomic E-state index is 12.4. The van der Waals surface area contributed by atoms with Crippen LogP contribution in [0.15, 0.2) is 42.5 Å². The summed E-state index contributed by atoms with van der Waals surface area (Å²) in [7, 11) is 0. The van der Waals surface area contributed by atoms with Gasteiger partial charge in [-0.1, -0.05) is 18.2 Å². The van der Waals surface area contributed by atoms with Crippen molar-refractivity contribution in [2.24, 2.45) is 0 Å². The van der Waals surface area contributed by atoms with Crippen LogP contribution in [-0.2, 0) is 4.79 Å². The smallest absolute Gasteiger partial charge is 0.251 e. The number of hydrogen-bond acceptors (Lipinski definition) is 4. The second-order valence-corrected chi connectivity index (χ2v) is 7.03. The molecule has 2 aromatic carbocycles. The molecule has 0 bridgehead atoms. The Morgan fingerprint density at radius 2 is 1.50 bits per heavy atom. The number of carbonyl (C=O) groups excluding carboxylic acids is 3. The predicted octanol–water partition coefficient (Wildman–Crippen LogP) is 3.50. The molecule has 0 fully saturated rings. The molecule has 2 N–H and O–H groups in total. The third-order valence-electron chi connectivity index (χ3n) is 4.89. The summed E-state index contributed by atoms with van der Waals surface area (Å²) in [6, 6.07) is 9.90. The van der Waals surface area contributed by atoms with E-state index in [4.69, 9.17) is 0 Å². The van der Waals surface area contributed by atoms with Crippen LogP contribution in [0.4, 0.5) is 0 Å². The van der Waals surface area contributed by atoms with E-state index in [9.17, 15) is 19.5 Å². The molecule has 0 unspecified atom stereocenters. The molecule has 0 atom stereocenters. The highest BCUT2D eigenvalue weighted by Gasteiger charge is 2.12. The number of rotatable bonds is 8. The van der Waals surface area contributed by atoms with Crippen LogP contribution in [0.5, 0.6) is 5.75 Å². The lowest BCUT2D eigenvalue weighted by atomic mass is 10.0.